The summed E-state index contributed by atoms with van der Waals surface area (Å²) in [6.45, 7) is 0.350. The minimum absolute atomic E-state index is 0.343. The predicted octanol–water partition coefficient (Wildman–Crippen LogP) is 4.85. The second-order valence-corrected chi connectivity index (χ2v) is 5.39. The number of nitrogens with zero attached hydrogens (tertiary/aromatic N) is 1. The van der Waals surface area contributed by atoms with Gasteiger partial charge in [-0.05, 0) is 30.3 Å². The Kier molecular flexibility index (Phi) is 4.34. The van der Waals surface area contributed by atoms with E-state index in [0.717, 1.165) is 12.1 Å². The quantitative estimate of drug-likeness (QED) is 0.477. The Labute approximate surface area is 136 Å². The Morgan fingerprint density at radius 1 is 0.792 bits per heavy atom. The summed E-state index contributed by atoms with van der Waals surface area (Å²) in [4.78, 5) is 0. The van der Waals surface area contributed by atoms with E-state index in [1.54, 1.807) is 47.2 Å². The first kappa shape index (κ1) is 16.2. The number of benzene rings is 2. The van der Waals surface area contributed by atoms with E-state index >= 15 is 0 Å². The average Bonchev–Trinajstić information content (AvgIpc) is 2.56. The number of hydrogen-bond donors (Lipinski definition) is 0. The Morgan fingerprint density at radius 3 is 2.12 bits per heavy atom. The highest BCUT2D eigenvalue weighted by molar-refractivity contribution is 5.56. The van der Waals surface area contributed by atoms with Crippen molar-refractivity contribution in [2.75, 3.05) is 0 Å². The maximum atomic E-state index is 14.0. The van der Waals surface area contributed by atoms with E-state index in [-0.39, 0.29) is 5.82 Å². The topological polar surface area (TPSA) is 3.88 Å². The lowest BCUT2D eigenvalue weighted by Crippen LogP contribution is -2.36. The molecule has 0 atom stereocenters. The van der Waals surface area contributed by atoms with Gasteiger partial charge >= 0.3 is 6.18 Å². The van der Waals surface area contributed by atoms with Crippen molar-refractivity contribution in [1.29, 1.82) is 0 Å². The van der Waals surface area contributed by atoms with Gasteiger partial charge in [0.15, 0.2) is 12.7 Å². The van der Waals surface area contributed by atoms with Gasteiger partial charge in [0.05, 0.1) is 11.1 Å². The molecule has 0 amide bonds. The summed E-state index contributed by atoms with van der Waals surface area (Å²) in [5.41, 5.74) is 1.14. The average molecular weight is 332 g/mol. The first-order valence-corrected chi connectivity index (χ1v) is 7.34. The molecule has 0 aliphatic heterocycles. The first-order chi connectivity index (χ1) is 11.4. The van der Waals surface area contributed by atoms with E-state index in [1.807, 2.05) is 0 Å². The van der Waals surface area contributed by atoms with Crippen molar-refractivity contribution in [3.63, 3.8) is 0 Å². The van der Waals surface area contributed by atoms with E-state index in [2.05, 4.69) is 0 Å². The van der Waals surface area contributed by atoms with Gasteiger partial charge in [-0.3, -0.25) is 0 Å². The Balaban J connectivity index is 1.93. The van der Waals surface area contributed by atoms with Gasteiger partial charge in [0.2, 0.25) is 5.69 Å². The third-order valence-electron chi connectivity index (χ3n) is 3.72. The number of hydrogen-bond acceptors (Lipinski definition) is 0. The summed E-state index contributed by atoms with van der Waals surface area (Å²) >= 11 is 0. The van der Waals surface area contributed by atoms with Crippen molar-refractivity contribution in [3.05, 3.63) is 89.9 Å². The second-order valence-electron chi connectivity index (χ2n) is 5.39. The zero-order valence-electron chi connectivity index (χ0n) is 12.6. The molecule has 0 spiro atoms. The number of alkyl halides is 3. The van der Waals surface area contributed by atoms with Gasteiger partial charge in [0.1, 0.15) is 5.82 Å². The monoisotopic (exact) mass is 332 g/mol. The third-order valence-corrected chi connectivity index (χ3v) is 3.72. The molecule has 0 aliphatic carbocycles. The van der Waals surface area contributed by atoms with E-state index in [1.165, 1.54) is 18.2 Å². The van der Waals surface area contributed by atoms with Gasteiger partial charge in [0, 0.05) is 17.7 Å². The summed E-state index contributed by atoms with van der Waals surface area (Å²) in [5.74, 6) is -0.343. The van der Waals surface area contributed by atoms with Gasteiger partial charge < -0.3 is 0 Å². The number of halogens is 4. The van der Waals surface area contributed by atoms with Crippen molar-refractivity contribution in [1.82, 2.24) is 0 Å². The van der Waals surface area contributed by atoms with Crippen LogP contribution in [0.4, 0.5) is 17.6 Å². The van der Waals surface area contributed by atoms with Crippen molar-refractivity contribution in [2.45, 2.75) is 12.7 Å². The minimum atomic E-state index is -4.35. The molecule has 122 valence electrons. The Hall–Kier alpha value is -2.69. The molecule has 1 aromatic heterocycles. The maximum absolute atomic E-state index is 14.0. The molecule has 5 heteroatoms. The molecule has 3 aromatic rings. The molecular formula is C19H14F4N+. The van der Waals surface area contributed by atoms with Gasteiger partial charge in [-0.2, -0.15) is 17.7 Å². The van der Waals surface area contributed by atoms with Crippen LogP contribution in [-0.2, 0) is 12.7 Å². The molecule has 3 rings (SSSR count). The molecule has 0 radical (unpaired) electrons. The molecule has 2 aromatic carbocycles. The zero-order valence-corrected chi connectivity index (χ0v) is 12.6. The molecule has 0 saturated heterocycles. The van der Waals surface area contributed by atoms with Crippen LogP contribution in [-0.4, -0.2) is 0 Å². The van der Waals surface area contributed by atoms with Crippen LogP contribution >= 0.6 is 0 Å². The van der Waals surface area contributed by atoms with Gasteiger partial charge in [-0.1, -0.05) is 24.3 Å². The van der Waals surface area contributed by atoms with Crippen LogP contribution in [0.1, 0.15) is 11.1 Å². The van der Waals surface area contributed by atoms with Crippen LogP contribution in [0.15, 0.2) is 72.9 Å². The van der Waals surface area contributed by atoms with Crippen LogP contribution in [0.3, 0.4) is 0 Å². The van der Waals surface area contributed by atoms with Crippen LogP contribution in [0.2, 0.25) is 0 Å². The fourth-order valence-corrected chi connectivity index (χ4v) is 2.52. The number of pyridine rings is 1. The predicted molar refractivity (Wildman–Crippen MR) is 82.6 cm³/mol. The number of rotatable bonds is 3. The van der Waals surface area contributed by atoms with Crippen molar-refractivity contribution < 1.29 is 22.1 Å². The fraction of sp³-hybridized carbons (Fsp3) is 0.105. The first-order valence-electron chi connectivity index (χ1n) is 7.34. The highest BCUT2D eigenvalue weighted by Crippen LogP contribution is 2.29. The van der Waals surface area contributed by atoms with Gasteiger partial charge in [0.25, 0.3) is 0 Å². The molecular weight excluding hydrogens is 318 g/mol. The van der Waals surface area contributed by atoms with Crippen molar-refractivity contribution >= 4 is 0 Å². The lowest BCUT2D eigenvalue weighted by atomic mass is 10.1. The van der Waals surface area contributed by atoms with Gasteiger partial charge in [-0.15, -0.1) is 0 Å². The van der Waals surface area contributed by atoms with Crippen molar-refractivity contribution in [3.8, 4) is 11.3 Å². The van der Waals surface area contributed by atoms with E-state index in [4.69, 9.17) is 0 Å². The van der Waals surface area contributed by atoms with Crippen LogP contribution in [0, 0.1) is 5.82 Å². The standard InChI is InChI=1S/C19H14F4N/c20-17-6-2-1-5-16(17)18-7-3-4-12-24(18)13-14-8-10-15(11-9-14)19(21,22)23/h1-12H,13H2/q+1. The van der Waals surface area contributed by atoms with Crippen molar-refractivity contribution in [2.24, 2.45) is 0 Å². The highest BCUT2D eigenvalue weighted by Gasteiger charge is 2.30. The molecule has 0 bridgehead atoms. The molecule has 1 heterocycles. The summed E-state index contributed by atoms with van der Waals surface area (Å²) in [6, 6.07) is 16.8. The maximum Gasteiger partial charge on any atom is 0.416 e. The molecule has 0 fully saturated rings. The smallest absolute Gasteiger partial charge is 0.206 e. The summed E-state index contributed by atoms with van der Waals surface area (Å²) in [5, 5.41) is 0. The summed E-state index contributed by atoms with van der Waals surface area (Å²) < 4.78 is 53.7. The van der Waals surface area contributed by atoms with E-state index in [9.17, 15) is 17.6 Å². The summed E-state index contributed by atoms with van der Waals surface area (Å²) in [7, 11) is 0. The van der Waals surface area contributed by atoms with Crippen LogP contribution < -0.4 is 4.57 Å². The Morgan fingerprint density at radius 2 is 1.46 bits per heavy atom. The van der Waals surface area contributed by atoms with Crippen LogP contribution in [0.5, 0.6) is 0 Å². The molecule has 0 N–H and O–H groups in total. The van der Waals surface area contributed by atoms with Gasteiger partial charge in [-0.25, -0.2) is 4.39 Å². The molecule has 24 heavy (non-hydrogen) atoms. The third kappa shape index (κ3) is 3.45. The summed E-state index contributed by atoms with van der Waals surface area (Å²) in [6.07, 6.45) is -2.57. The lowest BCUT2D eigenvalue weighted by molar-refractivity contribution is -0.677. The normalized spacial score (nSPS) is 11.5. The van der Waals surface area contributed by atoms with E-state index < -0.39 is 11.7 Å². The number of aromatic nitrogens is 1. The largest absolute Gasteiger partial charge is 0.416 e. The lowest BCUT2D eigenvalue weighted by Gasteiger charge is -2.08. The highest BCUT2D eigenvalue weighted by atomic mass is 19.4. The molecule has 0 unspecified atom stereocenters. The zero-order chi connectivity index (χ0) is 17.2. The molecule has 1 nitrogen and oxygen atoms in total. The molecule has 0 saturated carbocycles. The fourth-order valence-electron chi connectivity index (χ4n) is 2.52. The molecule has 0 aliphatic rings. The SMILES string of the molecule is Fc1ccccc1-c1cccc[n+]1Cc1ccc(C(F)(F)F)cc1. The Bertz CT molecular complexity index is 838. The van der Waals surface area contributed by atoms with E-state index in [0.29, 0.717) is 23.4 Å². The van der Waals surface area contributed by atoms with Crippen LogP contribution in [0.25, 0.3) is 11.3 Å². The minimum Gasteiger partial charge on any atom is -0.206 e. The second kappa shape index (κ2) is 6.43.